The minimum absolute atomic E-state index is 0.0698. The molecule has 4 rings (SSSR count). The highest BCUT2D eigenvalue weighted by atomic mass is 35.5. The topological polar surface area (TPSA) is 67.9 Å². The predicted octanol–water partition coefficient (Wildman–Crippen LogP) is 5.20. The van der Waals surface area contributed by atoms with E-state index in [0.29, 0.717) is 16.5 Å². The zero-order valence-corrected chi connectivity index (χ0v) is 22.9. The molecule has 3 unspecified atom stereocenters. The van der Waals surface area contributed by atoms with Crippen LogP contribution in [0.1, 0.15) is 37.3 Å². The smallest absolute Gasteiger partial charge is 0.302 e. The summed E-state index contributed by atoms with van der Waals surface area (Å²) in [5.41, 5.74) is 1.65. The quantitative estimate of drug-likeness (QED) is 0.365. The zero-order valence-electron chi connectivity index (χ0n) is 21.3. The van der Waals surface area contributed by atoms with Gasteiger partial charge in [0.2, 0.25) is 5.91 Å². The summed E-state index contributed by atoms with van der Waals surface area (Å²) in [7, 11) is 1.66. The molecule has 0 spiro atoms. The molecule has 6 nitrogen and oxygen atoms in total. The van der Waals surface area contributed by atoms with Gasteiger partial charge in [0.15, 0.2) is 0 Å². The number of amides is 1. The van der Waals surface area contributed by atoms with Gasteiger partial charge < -0.3 is 14.8 Å². The Morgan fingerprint density at radius 3 is 2.73 bits per heavy atom. The summed E-state index contributed by atoms with van der Waals surface area (Å²) in [4.78, 5) is 27.6. The van der Waals surface area contributed by atoms with Crippen molar-refractivity contribution in [1.82, 2.24) is 10.2 Å². The Balaban J connectivity index is 1.64. The van der Waals surface area contributed by atoms with Crippen LogP contribution in [0, 0.1) is 5.92 Å². The third-order valence-electron chi connectivity index (χ3n) is 7.68. The number of hydrogen-bond acceptors (Lipinski definition) is 5. The fourth-order valence-corrected chi connectivity index (χ4v) is 6.43. The van der Waals surface area contributed by atoms with Crippen LogP contribution in [-0.4, -0.2) is 55.7 Å². The van der Waals surface area contributed by atoms with Crippen molar-refractivity contribution < 1.29 is 19.1 Å². The minimum Gasteiger partial charge on any atom is -0.497 e. The number of ether oxygens (including phenoxy) is 2. The molecule has 1 heterocycles. The number of nitrogens with one attached hydrogen (secondary N) is 1. The van der Waals surface area contributed by atoms with Crippen LogP contribution in [0.2, 0.25) is 10.0 Å². The molecule has 1 N–H and O–H groups in total. The third kappa shape index (κ3) is 6.31. The van der Waals surface area contributed by atoms with Crippen molar-refractivity contribution in [1.29, 1.82) is 0 Å². The summed E-state index contributed by atoms with van der Waals surface area (Å²) in [5, 5.41) is 4.11. The Kier molecular flexibility index (Phi) is 8.83. The highest BCUT2D eigenvalue weighted by Gasteiger charge is 2.53. The number of esters is 1. The van der Waals surface area contributed by atoms with Crippen LogP contribution in [-0.2, 0) is 26.2 Å². The maximum atomic E-state index is 13.1. The van der Waals surface area contributed by atoms with Gasteiger partial charge in [0.25, 0.3) is 0 Å². The van der Waals surface area contributed by atoms with Gasteiger partial charge in [0, 0.05) is 43.8 Å². The minimum atomic E-state index is -0.333. The van der Waals surface area contributed by atoms with Crippen molar-refractivity contribution in [3.05, 3.63) is 76.3 Å². The van der Waals surface area contributed by atoms with Crippen molar-refractivity contribution >= 4 is 35.1 Å². The second kappa shape index (κ2) is 11.9. The molecule has 198 valence electrons. The molecule has 0 aromatic heterocycles. The van der Waals surface area contributed by atoms with Crippen LogP contribution in [0.4, 0.5) is 0 Å². The molecule has 1 amide bonds. The van der Waals surface area contributed by atoms with Gasteiger partial charge in [-0.3, -0.25) is 14.5 Å². The van der Waals surface area contributed by atoms with Gasteiger partial charge in [-0.15, -0.1) is 6.58 Å². The van der Waals surface area contributed by atoms with Crippen LogP contribution < -0.4 is 10.1 Å². The number of benzene rings is 2. The Morgan fingerprint density at radius 2 is 2.03 bits per heavy atom. The van der Waals surface area contributed by atoms with E-state index in [9.17, 15) is 9.59 Å². The van der Waals surface area contributed by atoms with E-state index in [1.807, 2.05) is 18.2 Å². The van der Waals surface area contributed by atoms with E-state index < -0.39 is 0 Å². The van der Waals surface area contributed by atoms with Crippen LogP contribution in [0.15, 0.2) is 55.1 Å². The number of carbonyl (C=O) groups is 2. The third-order valence-corrected chi connectivity index (χ3v) is 8.42. The molecular formula is C29H34Cl2N2O4. The maximum absolute atomic E-state index is 13.1. The molecule has 2 aromatic carbocycles. The highest BCUT2D eigenvalue weighted by Crippen LogP contribution is 2.50. The van der Waals surface area contributed by atoms with Crippen molar-refractivity contribution in [2.24, 2.45) is 5.92 Å². The van der Waals surface area contributed by atoms with Crippen LogP contribution >= 0.6 is 23.2 Å². The number of likely N-dealkylation sites (tertiary alicyclic amines) is 1. The van der Waals surface area contributed by atoms with E-state index >= 15 is 0 Å². The first-order chi connectivity index (χ1) is 17.7. The molecule has 2 aliphatic rings. The average molecular weight is 546 g/mol. The van der Waals surface area contributed by atoms with E-state index in [1.54, 1.807) is 25.3 Å². The lowest BCUT2D eigenvalue weighted by Gasteiger charge is -2.55. The van der Waals surface area contributed by atoms with Gasteiger partial charge in [0.05, 0.1) is 23.6 Å². The van der Waals surface area contributed by atoms with Gasteiger partial charge in [0.1, 0.15) is 11.9 Å². The molecular weight excluding hydrogens is 511 g/mol. The van der Waals surface area contributed by atoms with E-state index in [-0.39, 0.29) is 41.8 Å². The number of hydrogen-bond donors (Lipinski definition) is 1. The lowest BCUT2D eigenvalue weighted by Crippen LogP contribution is -2.61. The molecule has 1 aliphatic carbocycles. The first-order valence-corrected chi connectivity index (χ1v) is 13.4. The van der Waals surface area contributed by atoms with Gasteiger partial charge in [-0.2, -0.15) is 0 Å². The average Bonchev–Trinajstić information content (AvgIpc) is 2.86. The number of methoxy groups -OCH3 is 1. The largest absolute Gasteiger partial charge is 0.497 e. The van der Waals surface area contributed by atoms with E-state index in [2.05, 4.69) is 28.9 Å². The highest BCUT2D eigenvalue weighted by molar-refractivity contribution is 6.42. The van der Waals surface area contributed by atoms with Crippen molar-refractivity contribution in [3.63, 3.8) is 0 Å². The van der Waals surface area contributed by atoms with Crippen molar-refractivity contribution in [2.45, 2.75) is 50.2 Å². The van der Waals surface area contributed by atoms with E-state index in [0.717, 1.165) is 49.4 Å². The number of fused-ring (bicyclic) bond motifs is 1. The monoisotopic (exact) mass is 544 g/mol. The Hall–Kier alpha value is -2.54. The SMILES string of the molecule is C=CCN1CCC2(c3cccc(OC)c3)C[C@@H](NC(=O)Cc3ccc(Cl)c(Cl)c3)CC(OC(C)=O)C2C1. The first-order valence-electron chi connectivity index (χ1n) is 12.6. The number of nitrogens with zero attached hydrogens (tertiary/aromatic N) is 1. The molecule has 1 saturated heterocycles. The predicted molar refractivity (Wildman–Crippen MR) is 146 cm³/mol. The van der Waals surface area contributed by atoms with Crippen LogP contribution in [0.5, 0.6) is 5.75 Å². The molecule has 4 atom stereocenters. The van der Waals surface area contributed by atoms with Gasteiger partial charge in [-0.05, 0) is 54.8 Å². The van der Waals surface area contributed by atoms with Gasteiger partial charge in [-0.25, -0.2) is 0 Å². The number of piperidine rings is 1. The van der Waals surface area contributed by atoms with Crippen LogP contribution in [0.25, 0.3) is 0 Å². The second-order valence-electron chi connectivity index (χ2n) is 10.1. The van der Waals surface area contributed by atoms with Gasteiger partial charge in [-0.1, -0.05) is 47.5 Å². The molecule has 1 saturated carbocycles. The van der Waals surface area contributed by atoms with Crippen molar-refractivity contribution in [3.8, 4) is 5.75 Å². The summed E-state index contributed by atoms with van der Waals surface area (Å²) in [6, 6.07) is 13.2. The fraction of sp³-hybridized carbons (Fsp3) is 0.448. The van der Waals surface area contributed by atoms with Crippen LogP contribution in [0.3, 0.4) is 0 Å². The fourth-order valence-electron chi connectivity index (χ4n) is 6.11. The lowest BCUT2D eigenvalue weighted by molar-refractivity contribution is -0.157. The zero-order chi connectivity index (χ0) is 26.6. The lowest BCUT2D eigenvalue weighted by atomic mass is 9.57. The Bertz CT molecular complexity index is 1160. The normalized spacial score (nSPS) is 25.6. The number of halogens is 2. The molecule has 2 aromatic rings. The Labute approximate surface area is 228 Å². The Morgan fingerprint density at radius 1 is 1.22 bits per heavy atom. The first kappa shape index (κ1) is 27.5. The summed E-state index contributed by atoms with van der Waals surface area (Å²) in [6.07, 6.45) is 3.95. The van der Waals surface area contributed by atoms with Crippen molar-refractivity contribution in [2.75, 3.05) is 26.7 Å². The summed E-state index contributed by atoms with van der Waals surface area (Å²) >= 11 is 12.2. The van der Waals surface area contributed by atoms with E-state index in [4.69, 9.17) is 32.7 Å². The molecule has 2 fully saturated rings. The van der Waals surface area contributed by atoms with Gasteiger partial charge >= 0.3 is 5.97 Å². The maximum Gasteiger partial charge on any atom is 0.302 e. The summed E-state index contributed by atoms with van der Waals surface area (Å²) < 4.78 is 11.5. The van der Waals surface area contributed by atoms with E-state index in [1.165, 1.54) is 6.92 Å². The second-order valence-corrected chi connectivity index (χ2v) is 10.9. The standard InChI is InChI=1S/C29H34Cl2N2O4/c1-4-11-33-12-10-29(21-6-5-7-23(15-21)36-3)17-22(16-27(24(29)18-33)37-19(2)34)32-28(35)14-20-8-9-25(30)26(31)13-20/h4-9,13,15,22,24,27H,1,10-12,14,16-18H2,2-3H3,(H,32,35)/t22-,24?,27?,29?/m0/s1. The molecule has 0 radical (unpaired) electrons. The number of carbonyl (C=O) groups excluding carboxylic acids is 2. The molecule has 0 bridgehead atoms. The molecule has 8 heteroatoms. The summed E-state index contributed by atoms with van der Waals surface area (Å²) in [5.74, 6) is 0.441. The molecule has 37 heavy (non-hydrogen) atoms. The summed E-state index contributed by atoms with van der Waals surface area (Å²) in [6.45, 7) is 7.80. The number of rotatable bonds is 8. The molecule has 1 aliphatic heterocycles.